The molecule has 3 heteroatoms. The van der Waals surface area contributed by atoms with Gasteiger partial charge in [0.05, 0.1) is 0 Å². The maximum atomic E-state index is 5.39. The van der Waals surface area contributed by atoms with Gasteiger partial charge in [-0.25, -0.2) is 4.40 Å². The number of allylic oxidation sites excluding steroid dienone is 2. The molecule has 0 atom stereocenters. The second-order valence-electron chi connectivity index (χ2n) is 1.46. The van der Waals surface area contributed by atoms with Crippen molar-refractivity contribution in [3.8, 4) is 0 Å². The maximum Gasteiger partial charge on any atom is 0.0233 e. The Balaban J connectivity index is 3.79. The van der Waals surface area contributed by atoms with E-state index in [-0.39, 0.29) is 0 Å². The average Bonchev–Trinajstić information content (AvgIpc) is 1.67. The summed E-state index contributed by atoms with van der Waals surface area (Å²) in [5, 5.41) is 0. The number of hydrogen-bond acceptors (Lipinski definition) is 3. The van der Waals surface area contributed by atoms with Crippen LogP contribution in [0.15, 0.2) is 15.0 Å². The van der Waals surface area contributed by atoms with Crippen LogP contribution in [0.5, 0.6) is 0 Å². The van der Waals surface area contributed by atoms with Crippen LogP contribution in [0.3, 0.4) is 0 Å². The molecular formula is C5H10N2S. The summed E-state index contributed by atoms with van der Waals surface area (Å²) in [4.78, 5) is 1.01. The van der Waals surface area contributed by atoms with E-state index in [4.69, 9.17) is 5.73 Å². The highest BCUT2D eigenvalue weighted by molar-refractivity contribution is 8.01. The van der Waals surface area contributed by atoms with Gasteiger partial charge in [0, 0.05) is 22.6 Å². The Kier molecular flexibility index (Phi) is 3.35. The topological polar surface area (TPSA) is 38.4 Å². The first-order valence-electron chi connectivity index (χ1n) is 2.24. The third-order valence-electron chi connectivity index (χ3n) is 0.757. The van der Waals surface area contributed by atoms with E-state index in [1.54, 1.807) is 0 Å². The second-order valence-corrected chi connectivity index (χ2v) is 2.51. The zero-order valence-electron chi connectivity index (χ0n) is 5.14. The Labute approximate surface area is 54.0 Å². The summed E-state index contributed by atoms with van der Waals surface area (Å²) in [6, 6.07) is 0. The van der Waals surface area contributed by atoms with Gasteiger partial charge in [0.1, 0.15) is 0 Å². The predicted octanol–water partition coefficient (Wildman–Crippen LogP) is 1.55. The zero-order chi connectivity index (χ0) is 6.57. The number of rotatable bonds is 2. The van der Waals surface area contributed by atoms with Crippen LogP contribution in [0.25, 0.3) is 0 Å². The molecule has 8 heavy (non-hydrogen) atoms. The number of nitrogens with two attached hydrogens (primary N) is 1. The molecule has 46 valence electrons. The van der Waals surface area contributed by atoms with Gasteiger partial charge in [0.25, 0.3) is 0 Å². The smallest absolute Gasteiger partial charge is 0.0233 e. The van der Waals surface area contributed by atoms with Crippen molar-refractivity contribution >= 4 is 18.7 Å². The molecule has 0 aromatic rings. The first-order valence-corrected chi connectivity index (χ1v) is 3.01. The van der Waals surface area contributed by atoms with Crippen molar-refractivity contribution < 1.29 is 0 Å². The van der Waals surface area contributed by atoms with Crippen LogP contribution in [0, 0.1) is 0 Å². The lowest BCUT2D eigenvalue weighted by molar-refractivity contribution is 1.28. The van der Waals surface area contributed by atoms with Gasteiger partial charge in [-0.1, -0.05) is 0 Å². The van der Waals surface area contributed by atoms with Crippen LogP contribution >= 0.6 is 11.9 Å². The summed E-state index contributed by atoms with van der Waals surface area (Å²) in [7, 11) is 0. The average molecular weight is 130 g/mol. The molecule has 0 unspecified atom stereocenters. The summed E-state index contributed by atoms with van der Waals surface area (Å²) < 4.78 is 3.59. The lowest BCUT2D eigenvalue weighted by Crippen LogP contribution is -1.91. The van der Waals surface area contributed by atoms with Gasteiger partial charge in [0.15, 0.2) is 0 Å². The highest BCUT2D eigenvalue weighted by atomic mass is 32.2. The van der Waals surface area contributed by atoms with Crippen molar-refractivity contribution in [1.29, 1.82) is 0 Å². The van der Waals surface area contributed by atoms with Crippen molar-refractivity contribution in [2.24, 2.45) is 10.1 Å². The molecule has 0 fully saturated rings. The van der Waals surface area contributed by atoms with Crippen LogP contribution in [0.1, 0.15) is 13.8 Å². The van der Waals surface area contributed by atoms with Crippen molar-refractivity contribution in [1.82, 2.24) is 0 Å². The van der Waals surface area contributed by atoms with Gasteiger partial charge in [-0.15, -0.1) is 0 Å². The van der Waals surface area contributed by atoms with Crippen LogP contribution < -0.4 is 5.73 Å². The summed E-state index contributed by atoms with van der Waals surface area (Å²) >= 11 is 1.31. The number of nitrogens with zero attached hydrogens (tertiary/aromatic N) is 1. The summed E-state index contributed by atoms with van der Waals surface area (Å²) in [6.45, 7) is 7.06. The van der Waals surface area contributed by atoms with E-state index in [9.17, 15) is 0 Å². The fraction of sp³-hybridized carbons (Fsp3) is 0.400. The highest BCUT2D eigenvalue weighted by Crippen LogP contribution is 2.15. The normalized spacial score (nSPS) is 12.8. The molecule has 0 aliphatic heterocycles. The molecule has 0 aromatic heterocycles. The van der Waals surface area contributed by atoms with Crippen LogP contribution in [0.4, 0.5) is 0 Å². The van der Waals surface area contributed by atoms with E-state index >= 15 is 0 Å². The fourth-order valence-electron chi connectivity index (χ4n) is 0.169. The highest BCUT2D eigenvalue weighted by Gasteiger charge is 1.87. The predicted molar refractivity (Wildman–Crippen MR) is 39.7 cm³/mol. The molecule has 2 N–H and O–H groups in total. The quantitative estimate of drug-likeness (QED) is 0.455. The molecule has 0 aromatic carbocycles. The molecule has 0 heterocycles. The molecule has 0 aliphatic rings. The monoisotopic (exact) mass is 130 g/mol. The molecule has 0 aliphatic carbocycles. The second kappa shape index (κ2) is 3.55. The Hall–Kier alpha value is -0.440. The Bertz CT molecular complexity index is 114. The van der Waals surface area contributed by atoms with E-state index in [0.717, 1.165) is 10.6 Å². The Morgan fingerprint density at radius 1 is 1.62 bits per heavy atom. The van der Waals surface area contributed by atoms with E-state index in [2.05, 4.69) is 11.1 Å². The molecule has 0 bridgehead atoms. The first-order chi connectivity index (χ1) is 3.68. The Morgan fingerprint density at radius 2 is 2.12 bits per heavy atom. The summed E-state index contributed by atoms with van der Waals surface area (Å²) in [5.41, 5.74) is 6.20. The number of hydrogen-bond donors (Lipinski definition) is 1. The van der Waals surface area contributed by atoms with E-state index in [1.807, 2.05) is 13.8 Å². The molecule has 0 saturated carbocycles. The molecule has 2 nitrogen and oxygen atoms in total. The van der Waals surface area contributed by atoms with Crippen molar-refractivity contribution in [2.75, 3.05) is 0 Å². The van der Waals surface area contributed by atoms with Gasteiger partial charge >= 0.3 is 0 Å². The van der Waals surface area contributed by atoms with Gasteiger partial charge in [-0.3, -0.25) is 0 Å². The molecule has 0 rings (SSSR count). The molecule has 0 radical (unpaired) electrons. The summed E-state index contributed by atoms with van der Waals surface area (Å²) in [5.74, 6) is 0. The Morgan fingerprint density at radius 3 is 2.25 bits per heavy atom. The van der Waals surface area contributed by atoms with Gasteiger partial charge in [-0.2, -0.15) is 0 Å². The van der Waals surface area contributed by atoms with Gasteiger partial charge < -0.3 is 5.73 Å². The fourth-order valence-corrected chi connectivity index (χ4v) is 0.506. The maximum absolute atomic E-state index is 5.39. The van der Waals surface area contributed by atoms with Gasteiger partial charge in [0.2, 0.25) is 0 Å². The van der Waals surface area contributed by atoms with E-state index in [0.29, 0.717) is 0 Å². The minimum atomic E-state index is 0.808. The molecule has 0 saturated heterocycles. The van der Waals surface area contributed by atoms with Crippen LogP contribution in [-0.2, 0) is 0 Å². The first kappa shape index (κ1) is 7.56. The molecule has 0 spiro atoms. The van der Waals surface area contributed by atoms with Crippen LogP contribution in [0.2, 0.25) is 0 Å². The lowest BCUT2D eigenvalue weighted by atomic mass is 10.5. The molecule has 0 amide bonds. The van der Waals surface area contributed by atoms with Crippen LogP contribution in [-0.4, -0.2) is 6.72 Å². The summed E-state index contributed by atoms with van der Waals surface area (Å²) in [6.07, 6.45) is 0. The minimum absolute atomic E-state index is 0.808. The standard InChI is InChI=1S/C5H10N2S/c1-4(6)5(2)8-7-3/h3,6H2,1-2H3. The molecular weight excluding hydrogens is 120 g/mol. The SMILES string of the molecule is C=NSC(C)=C(C)N. The van der Waals surface area contributed by atoms with Crippen molar-refractivity contribution in [3.63, 3.8) is 0 Å². The van der Waals surface area contributed by atoms with Gasteiger partial charge in [-0.05, 0) is 20.6 Å². The van der Waals surface area contributed by atoms with Crippen molar-refractivity contribution in [3.05, 3.63) is 10.6 Å². The third kappa shape index (κ3) is 2.69. The minimum Gasteiger partial charge on any atom is -0.402 e. The van der Waals surface area contributed by atoms with E-state index in [1.165, 1.54) is 11.9 Å². The van der Waals surface area contributed by atoms with Crippen molar-refractivity contribution in [2.45, 2.75) is 13.8 Å². The largest absolute Gasteiger partial charge is 0.402 e. The lowest BCUT2D eigenvalue weighted by Gasteiger charge is -1.94. The third-order valence-corrected chi connectivity index (χ3v) is 1.48. The zero-order valence-corrected chi connectivity index (χ0v) is 5.96. The van der Waals surface area contributed by atoms with E-state index < -0.39 is 0 Å².